The maximum Gasteiger partial charge on any atom is 0.228 e. The molecule has 1 N–H and O–H groups in total. The Kier molecular flexibility index (Phi) is 5.14. The highest BCUT2D eigenvalue weighted by Gasteiger charge is 2.60. The van der Waals surface area contributed by atoms with Crippen LogP contribution in [0.15, 0.2) is 72.8 Å². The van der Waals surface area contributed by atoms with E-state index in [0.717, 1.165) is 17.9 Å². The van der Waals surface area contributed by atoms with Crippen molar-refractivity contribution in [1.29, 1.82) is 0 Å². The summed E-state index contributed by atoms with van der Waals surface area (Å²) in [6.07, 6.45) is 0.822. The van der Waals surface area contributed by atoms with Crippen molar-refractivity contribution in [1.82, 2.24) is 0 Å². The number of aryl methyl sites for hydroxylation is 2. The Morgan fingerprint density at radius 3 is 2.07 bits per heavy atom. The fourth-order valence-corrected chi connectivity index (χ4v) is 4.26. The lowest BCUT2D eigenvalue weighted by Gasteiger charge is -2.20. The number of anilines is 1. The number of hydrogen-bond donors (Lipinski definition) is 1. The Balaban J connectivity index is 1.62. The van der Waals surface area contributed by atoms with E-state index in [9.17, 15) is 4.79 Å². The highest BCUT2D eigenvalue weighted by atomic mass is 16.5. The molecule has 1 fully saturated rings. The van der Waals surface area contributed by atoms with Crippen LogP contribution in [0.1, 0.15) is 35.6 Å². The lowest BCUT2D eigenvalue weighted by molar-refractivity contribution is -0.117. The third kappa shape index (κ3) is 3.77. The van der Waals surface area contributed by atoms with Crippen LogP contribution < -0.4 is 10.1 Å². The van der Waals surface area contributed by atoms with E-state index in [1.165, 1.54) is 22.3 Å². The van der Waals surface area contributed by atoms with E-state index in [0.29, 0.717) is 6.61 Å². The van der Waals surface area contributed by atoms with Crippen molar-refractivity contribution in [2.24, 2.45) is 5.92 Å². The average Bonchev–Trinajstić information content (AvgIpc) is 3.47. The van der Waals surface area contributed by atoms with Gasteiger partial charge in [0.15, 0.2) is 0 Å². The average molecular weight is 386 g/mol. The van der Waals surface area contributed by atoms with Crippen LogP contribution in [0.25, 0.3) is 0 Å². The van der Waals surface area contributed by atoms with Crippen molar-refractivity contribution >= 4 is 11.6 Å². The first-order valence-electron chi connectivity index (χ1n) is 10.2. The van der Waals surface area contributed by atoms with E-state index >= 15 is 0 Å². The number of carbonyl (C=O) groups excluding carboxylic acids is 1. The fourth-order valence-electron chi connectivity index (χ4n) is 4.26. The molecule has 0 saturated heterocycles. The molecule has 29 heavy (non-hydrogen) atoms. The molecule has 1 saturated carbocycles. The quantitative estimate of drug-likeness (QED) is 0.596. The van der Waals surface area contributed by atoms with Gasteiger partial charge in [0.05, 0.1) is 12.5 Å². The number of hydrogen-bond acceptors (Lipinski definition) is 2. The number of ether oxygens (including phenoxy) is 1. The van der Waals surface area contributed by atoms with E-state index in [1.807, 2.05) is 31.2 Å². The molecule has 1 atom stereocenters. The molecule has 0 heterocycles. The first-order chi connectivity index (χ1) is 14.0. The minimum Gasteiger partial charge on any atom is -0.494 e. The normalized spacial score (nSPS) is 16.9. The lowest BCUT2D eigenvalue weighted by atomic mass is 9.84. The van der Waals surface area contributed by atoms with Gasteiger partial charge < -0.3 is 10.1 Å². The van der Waals surface area contributed by atoms with Crippen LogP contribution in [-0.4, -0.2) is 12.5 Å². The molecule has 3 nitrogen and oxygen atoms in total. The van der Waals surface area contributed by atoms with Gasteiger partial charge in [-0.15, -0.1) is 0 Å². The van der Waals surface area contributed by atoms with Crippen molar-refractivity contribution < 1.29 is 9.53 Å². The Morgan fingerprint density at radius 2 is 1.55 bits per heavy atom. The molecule has 1 unspecified atom stereocenters. The van der Waals surface area contributed by atoms with Gasteiger partial charge in [-0.05, 0) is 62.6 Å². The van der Waals surface area contributed by atoms with Crippen molar-refractivity contribution in [2.45, 2.75) is 32.6 Å². The van der Waals surface area contributed by atoms with Gasteiger partial charge in [-0.25, -0.2) is 0 Å². The molecular weight excluding hydrogens is 358 g/mol. The highest BCUT2D eigenvalue weighted by molar-refractivity contribution is 5.97. The topological polar surface area (TPSA) is 38.3 Å². The Bertz CT molecular complexity index is 977. The number of carbonyl (C=O) groups is 1. The van der Waals surface area contributed by atoms with E-state index in [2.05, 4.69) is 67.7 Å². The van der Waals surface area contributed by atoms with E-state index in [4.69, 9.17) is 4.74 Å². The summed E-state index contributed by atoms with van der Waals surface area (Å²) in [6.45, 7) is 6.79. The predicted molar refractivity (Wildman–Crippen MR) is 117 cm³/mol. The molecule has 0 aliphatic heterocycles. The first kappa shape index (κ1) is 19.3. The monoisotopic (exact) mass is 385 g/mol. The Morgan fingerprint density at radius 1 is 0.966 bits per heavy atom. The smallest absolute Gasteiger partial charge is 0.228 e. The van der Waals surface area contributed by atoms with Gasteiger partial charge in [0.1, 0.15) is 5.75 Å². The van der Waals surface area contributed by atoms with E-state index < -0.39 is 0 Å². The second kappa shape index (κ2) is 7.75. The molecule has 0 bridgehead atoms. The molecule has 3 heteroatoms. The fraction of sp³-hybridized carbons (Fsp3) is 0.269. The minimum absolute atomic E-state index is 0.0668. The molecule has 1 aliphatic carbocycles. The molecule has 3 aromatic rings. The van der Waals surface area contributed by atoms with Crippen molar-refractivity contribution in [3.05, 3.63) is 95.1 Å². The van der Waals surface area contributed by atoms with Gasteiger partial charge >= 0.3 is 0 Å². The summed E-state index contributed by atoms with van der Waals surface area (Å²) in [5.74, 6) is 0.792. The Labute approximate surface area is 172 Å². The van der Waals surface area contributed by atoms with E-state index in [1.54, 1.807) is 0 Å². The number of amides is 1. The summed E-state index contributed by atoms with van der Waals surface area (Å²) in [6, 6.07) is 24.7. The van der Waals surface area contributed by atoms with Crippen LogP contribution in [0.2, 0.25) is 0 Å². The molecular formula is C26H27NO2. The van der Waals surface area contributed by atoms with Crippen LogP contribution in [0.3, 0.4) is 0 Å². The van der Waals surface area contributed by atoms with Crippen LogP contribution in [-0.2, 0) is 10.2 Å². The lowest BCUT2D eigenvalue weighted by Crippen LogP contribution is -2.22. The molecule has 3 aromatic carbocycles. The third-order valence-corrected chi connectivity index (χ3v) is 5.78. The van der Waals surface area contributed by atoms with Gasteiger partial charge in [-0.2, -0.15) is 0 Å². The molecule has 0 radical (unpaired) electrons. The summed E-state index contributed by atoms with van der Waals surface area (Å²) < 4.78 is 5.48. The van der Waals surface area contributed by atoms with Gasteiger partial charge in [-0.3, -0.25) is 4.79 Å². The molecule has 1 amide bonds. The van der Waals surface area contributed by atoms with Crippen LogP contribution >= 0.6 is 0 Å². The first-order valence-corrected chi connectivity index (χ1v) is 10.2. The van der Waals surface area contributed by atoms with Crippen molar-refractivity contribution in [2.75, 3.05) is 11.9 Å². The van der Waals surface area contributed by atoms with Crippen molar-refractivity contribution in [3.63, 3.8) is 0 Å². The van der Waals surface area contributed by atoms with E-state index in [-0.39, 0.29) is 17.2 Å². The minimum atomic E-state index is -0.257. The summed E-state index contributed by atoms with van der Waals surface area (Å²) in [4.78, 5) is 13.2. The summed E-state index contributed by atoms with van der Waals surface area (Å²) in [5, 5.41) is 3.10. The van der Waals surface area contributed by atoms with Crippen LogP contribution in [0.4, 0.5) is 5.69 Å². The van der Waals surface area contributed by atoms with Crippen LogP contribution in [0, 0.1) is 19.8 Å². The predicted octanol–water partition coefficient (Wildman–Crippen LogP) is 5.65. The second-order valence-corrected chi connectivity index (χ2v) is 7.91. The summed E-state index contributed by atoms with van der Waals surface area (Å²) in [5.41, 5.74) is 5.41. The van der Waals surface area contributed by atoms with Gasteiger partial charge in [0, 0.05) is 11.1 Å². The zero-order valence-electron chi connectivity index (χ0n) is 17.2. The summed E-state index contributed by atoms with van der Waals surface area (Å²) in [7, 11) is 0. The largest absolute Gasteiger partial charge is 0.494 e. The van der Waals surface area contributed by atoms with Crippen LogP contribution in [0.5, 0.6) is 5.75 Å². The van der Waals surface area contributed by atoms with Gasteiger partial charge in [-0.1, -0.05) is 59.7 Å². The number of rotatable bonds is 6. The molecule has 0 spiro atoms. The number of benzene rings is 3. The molecule has 1 aliphatic rings. The second-order valence-electron chi connectivity index (χ2n) is 7.91. The maximum absolute atomic E-state index is 13.2. The van der Waals surface area contributed by atoms with Gasteiger partial charge in [0.2, 0.25) is 5.91 Å². The molecule has 4 rings (SSSR count). The zero-order valence-corrected chi connectivity index (χ0v) is 17.2. The van der Waals surface area contributed by atoms with Crippen molar-refractivity contribution in [3.8, 4) is 5.75 Å². The Hall–Kier alpha value is -3.07. The standard InChI is InChI=1S/C26H27NO2/c1-4-29-23-13-11-22(12-14-23)27-25(28)24-17-26(24,20-9-5-7-18(2)15-20)21-10-6-8-19(3)16-21/h5-16,24H,4,17H2,1-3H3,(H,27,28). The highest BCUT2D eigenvalue weighted by Crippen LogP contribution is 2.59. The molecule has 148 valence electrons. The zero-order chi connectivity index (χ0) is 20.4. The maximum atomic E-state index is 13.2. The molecule has 0 aromatic heterocycles. The number of nitrogens with one attached hydrogen (secondary N) is 1. The third-order valence-electron chi connectivity index (χ3n) is 5.78. The van der Waals surface area contributed by atoms with Gasteiger partial charge in [0.25, 0.3) is 0 Å². The summed E-state index contributed by atoms with van der Waals surface area (Å²) >= 11 is 0. The SMILES string of the molecule is CCOc1ccc(NC(=O)C2CC2(c2cccc(C)c2)c2cccc(C)c2)cc1.